The van der Waals surface area contributed by atoms with Gasteiger partial charge in [-0.05, 0) is 12.1 Å². The summed E-state index contributed by atoms with van der Waals surface area (Å²) in [6.45, 7) is 0. The number of rotatable bonds is 4. The zero-order valence-corrected chi connectivity index (χ0v) is 12.8. The van der Waals surface area contributed by atoms with Crippen LogP contribution in [0.25, 0.3) is 5.82 Å². The standard InChI is InChI=1S/C15H11ClN4O3/c1-22-15(21)11-3-2-10(6-12(11)16)23-14-7-13(18-8-19-14)20-5-4-17-9-20/h2-9H,1H3. The Balaban J connectivity index is 1.84. The molecule has 116 valence electrons. The van der Waals surface area contributed by atoms with Crippen LogP contribution in [0.5, 0.6) is 11.6 Å². The van der Waals surface area contributed by atoms with Crippen molar-refractivity contribution in [2.75, 3.05) is 7.11 Å². The first-order chi connectivity index (χ1) is 11.2. The Labute approximate surface area is 136 Å². The number of halogens is 1. The third kappa shape index (κ3) is 3.29. The minimum Gasteiger partial charge on any atom is -0.465 e. The highest BCUT2D eigenvalue weighted by molar-refractivity contribution is 6.33. The van der Waals surface area contributed by atoms with E-state index in [1.807, 2.05) is 0 Å². The summed E-state index contributed by atoms with van der Waals surface area (Å²) < 4.78 is 12.0. The molecular weight excluding hydrogens is 320 g/mol. The number of hydrogen-bond acceptors (Lipinski definition) is 6. The summed E-state index contributed by atoms with van der Waals surface area (Å²) in [4.78, 5) is 23.6. The van der Waals surface area contributed by atoms with Crippen molar-refractivity contribution in [3.8, 4) is 17.4 Å². The minimum atomic E-state index is -0.508. The summed E-state index contributed by atoms with van der Waals surface area (Å²) in [5.41, 5.74) is 0.267. The molecule has 1 aromatic carbocycles. The second-order valence-corrected chi connectivity index (χ2v) is 4.83. The molecule has 0 N–H and O–H groups in total. The number of methoxy groups -OCH3 is 1. The van der Waals surface area contributed by atoms with Gasteiger partial charge >= 0.3 is 5.97 Å². The third-order valence-corrected chi connectivity index (χ3v) is 3.28. The Morgan fingerprint density at radius 3 is 2.83 bits per heavy atom. The number of carbonyl (C=O) groups excluding carboxylic acids is 1. The fourth-order valence-corrected chi connectivity index (χ4v) is 2.12. The van der Waals surface area contributed by atoms with Gasteiger partial charge in [0, 0.05) is 24.5 Å². The van der Waals surface area contributed by atoms with Crippen LogP contribution in [0.3, 0.4) is 0 Å². The van der Waals surface area contributed by atoms with Crippen molar-refractivity contribution < 1.29 is 14.3 Å². The van der Waals surface area contributed by atoms with Crippen LogP contribution in [-0.2, 0) is 4.74 Å². The summed E-state index contributed by atoms with van der Waals surface area (Å²) in [5, 5.41) is 0.234. The summed E-state index contributed by atoms with van der Waals surface area (Å²) in [6, 6.07) is 6.31. The second-order valence-electron chi connectivity index (χ2n) is 4.42. The van der Waals surface area contributed by atoms with Crippen molar-refractivity contribution in [2.45, 2.75) is 0 Å². The summed E-state index contributed by atoms with van der Waals surface area (Å²) in [5.74, 6) is 0.888. The van der Waals surface area contributed by atoms with Gasteiger partial charge in [-0.15, -0.1) is 0 Å². The molecule has 0 radical (unpaired) electrons. The van der Waals surface area contributed by atoms with Crippen LogP contribution in [0, 0.1) is 0 Å². The molecule has 7 nitrogen and oxygen atoms in total. The zero-order valence-electron chi connectivity index (χ0n) is 12.0. The molecule has 0 fully saturated rings. The van der Waals surface area contributed by atoms with E-state index in [2.05, 4.69) is 19.7 Å². The highest BCUT2D eigenvalue weighted by Crippen LogP contribution is 2.26. The molecule has 0 spiro atoms. The smallest absolute Gasteiger partial charge is 0.339 e. The van der Waals surface area contributed by atoms with Crippen molar-refractivity contribution in [2.24, 2.45) is 0 Å². The molecule has 2 heterocycles. The molecule has 3 rings (SSSR count). The number of aromatic nitrogens is 4. The molecule has 2 aromatic heterocycles. The topological polar surface area (TPSA) is 79.1 Å². The molecular formula is C15H11ClN4O3. The fraction of sp³-hybridized carbons (Fsp3) is 0.0667. The van der Waals surface area contributed by atoms with E-state index >= 15 is 0 Å². The quantitative estimate of drug-likeness (QED) is 0.684. The van der Waals surface area contributed by atoms with Crippen LogP contribution >= 0.6 is 11.6 Å². The maximum Gasteiger partial charge on any atom is 0.339 e. The lowest BCUT2D eigenvalue weighted by Gasteiger charge is -2.08. The van der Waals surface area contributed by atoms with Gasteiger partial charge in [-0.3, -0.25) is 4.57 Å². The predicted octanol–water partition coefficient (Wildman–Crippen LogP) is 2.89. The van der Waals surface area contributed by atoms with Crippen molar-refractivity contribution in [3.05, 3.63) is 59.9 Å². The van der Waals surface area contributed by atoms with Gasteiger partial charge in [0.25, 0.3) is 0 Å². The maximum atomic E-state index is 11.5. The number of hydrogen-bond donors (Lipinski definition) is 0. The van der Waals surface area contributed by atoms with Crippen molar-refractivity contribution in [1.82, 2.24) is 19.5 Å². The number of imidazole rings is 1. The van der Waals surface area contributed by atoms with Crippen molar-refractivity contribution in [1.29, 1.82) is 0 Å². The predicted molar refractivity (Wildman–Crippen MR) is 82.0 cm³/mol. The molecule has 0 saturated heterocycles. The Hall–Kier alpha value is -2.93. The normalized spacial score (nSPS) is 10.3. The highest BCUT2D eigenvalue weighted by Gasteiger charge is 2.12. The molecule has 0 aliphatic rings. The van der Waals surface area contributed by atoms with E-state index in [0.29, 0.717) is 17.4 Å². The Bertz CT molecular complexity index is 836. The number of esters is 1. The van der Waals surface area contributed by atoms with Gasteiger partial charge < -0.3 is 9.47 Å². The van der Waals surface area contributed by atoms with E-state index in [9.17, 15) is 4.79 Å². The first kappa shape index (κ1) is 15.0. The number of carbonyl (C=O) groups is 1. The van der Waals surface area contributed by atoms with Gasteiger partial charge in [0.1, 0.15) is 24.2 Å². The molecule has 0 amide bonds. The van der Waals surface area contributed by atoms with Crippen LogP contribution in [0.4, 0.5) is 0 Å². The lowest BCUT2D eigenvalue weighted by Crippen LogP contribution is -2.02. The largest absolute Gasteiger partial charge is 0.465 e. The first-order valence-electron chi connectivity index (χ1n) is 6.53. The minimum absolute atomic E-state index is 0.234. The van der Waals surface area contributed by atoms with Crippen molar-refractivity contribution >= 4 is 17.6 Å². The van der Waals surface area contributed by atoms with Crippen LogP contribution in [-0.4, -0.2) is 32.6 Å². The lowest BCUT2D eigenvalue weighted by atomic mass is 10.2. The van der Waals surface area contributed by atoms with E-state index in [0.717, 1.165) is 0 Å². The fourth-order valence-electron chi connectivity index (χ4n) is 1.88. The van der Waals surface area contributed by atoms with Gasteiger partial charge in [-0.25, -0.2) is 19.7 Å². The number of nitrogens with zero attached hydrogens (tertiary/aromatic N) is 4. The average Bonchev–Trinajstić information content (AvgIpc) is 3.09. The van der Waals surface area contributed by atoms with E-state index in [-0.39, 0.29) is 10.6 Å². The van der Waals surface area contributed by atoms with E-state index in [1.165, 1.54) is 25.6 Å². The summed E-state index contributed by atoms with van der Waals surface area (Å²) in [7, 11) is 1.29. The third-order valence-electron chi connectivity index (χ3n) is 2.96. The second kappa shape index (κ2) is 6.45. The first-order valence-corrected chi connectivity index (χ1v) is 6.91. The van der Waals surface area contributed by atoms with Gasteiger partial charge in [0.05, 0.1) is 17.7 Å². The molecule has 0 saturated carbocycles. The molecule has 0 aliphatic heterocycles. The number of benzene rings is 1. The van der Waals surface area contributed by atoms with E-state index < -0.39 is 5.97 Å². The molecule has 3 aromatic rings. The van der Waals surface area contributed by atoms with Crippen LogP contribution < -0.4 is 4.74 Å². The van der Waals surface area contributed by atoms with Gasteiger partial charge in [0.15, 0.2) is 0 Å². The summed E-state index contributed by atoms with van der Waals surface area (Å²) in [6.07, 6.45) is 6.41. The summed E-state index contributed by atoms with van der Waals surface area (Å²) >= 11 is 6.06. The Morgan fingerprint density at radius 1 is 1.26 bits per heavy atom. The average molecular weight is 331 g/mol. The number of ether oxygens (including phenoxy) is 2. The van der Waals surface area contributed by atoms with E-state index in [4.69, 9.17) is 16.3 Å². The van der Waals surface area contributed by atoms with Crippen molar-refractivity contribution in [3.63, 3.8) is 0 Å². The molecule has 0 bridgehead atoms. The van der Waals surface area contributed by atoms with E-state index in [1.54, 1.807) is 35.4 Å². The monoisotopic (exact) mass is 330 g/mol. The SMILES string of the molecule is COC(=O)c1ccc(Oc2cc(-n3ccnc3)ncn2)cc1Cl. The molecule has 8 heteroatoms. The Morgan fingerprint density at radius 2 is 2.13 bits per heavy atom. The molecule has 0 unspecified atom stereocenters. The molecule has 0 atom stereocenters. The van der Waals surface area contributed by atoms with Gasteiger partial charge in [-0.2, -0.15) is 0 Å². The Kier molecular flexibility index (Phi) is 4.20. The van der Waals surface area contributed by atoms with Crippen LogP contribution in [0.15, 0.2) is 49.3 Å². The van der Waals surface area contributed by atoms with Crippen LogP contribution in [0.2, 0.25) is 5.02 Å². The highest BCUT2D eigenvalue weighted by atomic mass is 35.5. The molecule has 0 aliphatic carbocycles. The maximum absolute atomic E-state index is 11.5. The lowest BCUT2D eigenvalue weighted by molar-refractivity contribution is 0.0601. The van der Waals surface area contributed by atoms with Crippen LogP contribution in [0.1, 0.15) is 10.4 Å². The zero-order chi connectivity index (χ0) is 16.2. The van der Waals surface area contributed by atoms with Gasteiger partial charge in [-0.1, -0.05) is 11.6 Å². The molecule has 23 heavy (non-hydrogen) atoms. The van der Waals surface area contributed by atoms with Gasteiger partial charge in [0.2, 0.25) is 5.88 Å².